The fourth-order valence-electron chi connectivity index (χ4n) is 2.84. The molecule has 5 nitrogen and oxygen atoms in total. The molecular weight excluding hydrogens is 380 g/mol. The predicted molar refractivity (Wildman–Crippen MR) is 119 cm³/mol. The summed E-state index contributed by atoms with van der Waals surface area (Å²) in [7, 11) is 0. The van der Waals surface area contributed by atoms with Crippen LogP contribution in [0.1, 0.15) is 65.2 Å². The van der Waals surface area contributed by atoms with Crippen molar-refractivity contribution >= 4 is 11.9 Å². The molecule has 5 heteroatoms. The Labute approximate surface area is 181 Å². The molecule has 2 rings (SSSR count). The van der Waals surface area contributed by atoms with E-state index in [2.05, 4.69) is 13.2 Å². The Hall–Kier alpha value is -2.56. The van der Waals surface area contributed by atoms with E-state index >= 15 is 0 Å². The van der Waals surface area contributed by atoms with Crippen molar-refractivity contribution in [2.75, 3.05) is 13.2 Å². The van der Waals surface area contributed by atoms with Crippen LogP contribution in [0.2, 0.25) is 0 Å². The van der Waals surface area contributed by atoms with Gasteiger partial charge in [-0.15, -0.1) is 0 Å². The summed E-state index contributed by atoms with van der Waals surface area (Å²) in [6.45, 7) is 12.0. The smallest absolute Gasteiger partial charge is 0.333 e. The SMILES string of the molecule is C=C(C)C(=O)OCCCCOc1ccccc1.C=C(CCC)C(=O)OC1CCCC1. The molecule has 0 aliphatic heterocycles. The Morgan fingerprint density at radius 1 is 1.00 bits per heavy atom. The molecule has 1 aromatic rings. The quantitative estimate of drug-likeness (QED) is 0.259. The van der Waals surface area contributed by atoms with Crippen molar-refractivity contribution < 1.29 is 23.8 Å². The van der Waals surface area contributed by atoms with E-state index in [0.29, 0.717) is 24.4 Å². The molecule has 0 amide bonds. The van der Waals surface area contributed by atoms with Crippen LogP contribution in [0.15, 0.2) is 54.6 Å². The van der Waals surface area contributed by atoms with E-state index in [4.69, 9.17) is 14.2 Å². The van der Waals surface area contributed by atoms with E-state index in [0.717, 1.165) is 44.3 Å². The lowest BCUT2D eigenvalue weighted by Crippen LogP contribution is -2.15. The molecule has 166 valence electrons. The lowest BCUT2D eigenvalue weighted by Gasteiger charge is -2.11. The van der Waals surface area contributed by atoms with Crippen LogP contribution in [0, 0.1) is 0 Å². The van der Waals surface area contributed by atoms with Crippen molar-refractivity contribution in [3.63, 3.8) is 0 Å². The van der Waals surface area contributed by atoms with Gasteiger partial charge in [0, 0.05) is 11.1 Å². The van der Waals surface area contributed by atoms with Crippen LogP contribution in [0.3, 0.4) is 0 Å². The second-order valence-electron chi connectivity index (χ2n) is 7.45. The number of carbonyl (C=O) groups excluding carboxylic acids is 2. The summed E-state index contributed by atoms with van der Waals surface area (Å²) in [4.78, 5) is 22.4. The Kier molecular flexibility index (Phi) is 13.0. The molecule has 0 N–H and O–H groups in total. The Bertz CT molecular complexity index is 659. The lowest BCUT2D eigenvalue weighted by molar-refractivity contribution is -0.144. The zero-order valence-corrected chi connectivity index (χ0v) is 18.5. The Balaban J connectivity index is 0.000000311. The monoisotopic (exact) mass is 416 g/mol. The van der Waals surface area contributed by atoms with E-state index in [1.54, 1.807) is 6.92 Å². The van der Waals surface area contributed by atoms with E-state index in [-0.39, 0.29) is 18.0 Å². The van der Waals surface area contributed by atoms with Gasteiger partial charge in [0.2, 0.25) is 0 Å². The highest BCUT2D eigenvalue weighted by Crippen LogP contribution is 2.22. The number of benzene rings is 1. The summed E-state index contributed by atoms with van der Waals surface area (Å²) in [6, 6.07) is 9.65. The van der Waals surface area contributed by atoms with Crippen molar-refractivity contribution in [2.45, 2.75) is 71.3 Å². The highest BCUT2D eigenvalue weighted by Gasteiger charge is 2.20. The molecule has 1 saturated carbocycles. The van der Waals surface area contributed by atoms with E-state index in [9.17, 15) is 9.59 Å². The maximum absolute atomic E-state index is 11.4. The van der Waals surface area contributed by atoms with Crippen molar-refractivity contribution in [3.8, 4) is 5.75 Å². The summed E-state index contributed by atoms with van der Waals surface area (Å²) in [5.41, 5.74) is 1.06. The molecule has 0 heterocycles. The third kappa shape index (κ3) is 11.4. The minimum atomic E-state index is -0.325. The Morgan fingerprint density at radius 2 is 1.63 bits per heavy atom. The predicted octanol–water partition coefficient (Wildman–Crippen LogP) is 5.79. The summed E-state index contributed by atoms with van der Waals surface area (Å²) < 4.78 is 15.8. The molecule has 1 fully saturated rings. The normalized spacial score (nSPS) is 13.0. The molecule has 0 saturated heterocycles. The van der Waals surface area contributed by atoms with Gasteiger partial charge in [-0.25, -0.2) is 9.59 Å². The van der Waals surface area contributed by atoms with Gasteiger partial charge in [0.05, 0.1) is 13.2 Å². The number of hydrogen-bond acceptors (Lipinski definition) is 5. The van der Waals surface area contributed by atoms with Crippen LogP contribution in [-0.4, -0.2) is 31.3 Å². The van der Waals surface area contributed by atoms with Crippen molar-refractivity contribution in [1.29, 1.82) is 0 Å². The zero-order chi connectivity index (χ0) is 22.2. The summed E-state index contributed by atoms with van der Waals surface area (Å²) in [5, 5.41) is 0. The second kappa shape index (κ2) is 15.3. The minimum Gasteiger partial charge on any atom is -0.494 e. The fraction of sp³-hybridized carbons (Fsp3) is 0.520. The molecule has 0 aromatic heterocycles. The van der Waals surface area contributed by atoms with Gasteiger partial charge in [0.15, 0.2) is 0 Å². The molecule has 30 heavy (non-hydrogen) atoms. The molecule has 0 spiro atoms. The topological polar surface area (TPSA) is 61.8 Å². The van der Waals surface area contributed by atoms with E-state index in [1.165, 1.54) is 12.8 Å². The minimum absolute atomic E-state index is 0.168. The van der Waals surface area contributed by atoms with Crippen LogP contribution < -0.4 is 4.74 Å². The van der Waals surface area contributed by atoms with Crippen LogP contribution in [-0.2, 0) is 19.1 Å². The fourth-order valence-corrected chi connectivity index (χ4v) is 2.84. The summed E-state index contributed by atoms with van der Waals surface area (Å²) in [6.07, 6.45) is 7.99. The van der Waals surface area contributed by atoms with Gasteiger partial charge >= 0.3 is 11.9 Å². The van der Waals surface area contributed by atoms with Gasteiger partial charge in [0.1, 0.15) is 11.9 Å². The average Bonchev–Trinajstić information content (AvgIpc) is 3.24. The van der Waals surface area contributed by atoms with Gasteiger partial charge in [0.25, 0.3) is 0 Å². The third-order valence-electron chi connectivity index (χ3n) is 4.55. The van der Waals surface area contributed by atoms with E-state index < -0.39 is 0 Å². The van der Waals surface area contributed by atoms with E-state index in [1.807, 2.05) is 37.3 Å². The van der Waals surface area contributed by atoms with Crippen LogP contribution in [0.25, 0.3) is 0 Å². The second-order valence-corrected chi connectivity index (χ2v) is 7.45. The number of para-hydroxylation sites is 1. The first-order valence-electron chi connectivity index (χ1n) is 10.8. The van der Waals surface area contributed by atoms with Crippen LogP contribution >= 0.6 is 0 Å². The van der Waals surface area contributed by atoms with Crippen molar-refractivity contribution in [1.82, 2.24) is 0 Å². The summed E-state index contributed by atoms with van der Waals surface area (Å²) in [5.74, 6) is 0.356. The van der Waals surface area contributed by atoms with Gasteiger partial charge in [-0.2, -0.15) is 0 Å². The highest BCUT2D eigenvalue weighted by atomic mass is 16.5. The third-order valence-corrected chi connectivity index (χ3v) is 4.55. The van der Waals surface area contributed by atoms with Gasteiger partial charge < -0.3 is 14.2 Å². The lowest BCUT2D eigenvalue weighted by atomic mass is 10.2. The Morgan fingerprint density at radius 3 is 2.23 bits per heavy atom. The van der Waals surface area contributed by atoms with Crippen molar-refractivity contribution in [3.05, 3.63) is 54.6 Å². The first-order chi connectivity index (χ1) is 14.4. The maximum Gasteiger partial charge on any atom is 0.333 e. The molecule has 1 aliphatic carbocycles. The van der Waals surface area contributed by atoms with Crippen LogP contribution in [0.5, 0.6) is 5.75 Å². The molecule has 1 aromatic carbocycles. The number of rotatable bonds is 11. The largest absolute Gasteiger partial charge is 0.494 e. The van der Waals surface area contributed by atoms with Crippen LogP contribution in [0.4, 0.5) is 0 Å². The van der Waals surface area contributed by atoms with Gasteiger partial charge in [-0.1, -0.05) is 44.7 Å². The number of unbranched alkanes of at least 4 members (excludes halogenated alkanes) is 1. The molecule has 0 atom stereocenters. The molecule has 0 radical (unpaired) electrons. The zero-order valence-electron chi connectivity index (χ0n) is 18.5. The van der Waals surface area contributed by atoms with Gasteiger partial charge in [-0.05, 0) is 64.0 Å². The average molecular weight is 417 g/mol. The molecular formula is C25H36O5. The number of esters is 2. The number of ether oxygens (including phenoxy) is 3. The molecule has 0 bridgehead atoms. The standard InChI is InChI=1S/C14H18O3.C11H18O2/c1-12(2)14(15)17-11-7-6-10-16-13-8-4-3-5-9-13;1-3-6-9(2)11(12)13-10-7-4-5-8-10/h3-5,8-9H,1,6-7,10-11H2,2H3;10H,2-8H2,1H3. The highest BCUT2D eigenvalue weighted by molar-refractivity contribution is 5.87. The number of hydrogen-bond donors (Lipinski definition) is 0. The van der Waals surface area contributed by atoms with Crippen molar-refractivity contribution in [2.24, 2.45) is 0 Å². The first-order valence-corrected chi connectivity index (χ1v) is 10.8. The first kappa shape index (κ1) is 25.5. The molecule has 1 aliphatic rings. The number of carbonyl (C=O) groups is 2. The maximum atomic E-state index is 11.4. The summed E-state index contributed by atoms with van der Waals surface area (Å²) >= 11 is 0. The van der Waals surface area contributed by atoms with Gasteiger partial charge in [-0.3, -0.25) is 0 Å². The molecule has 0 unspecified atom stereocenters.